The quantitative estimate of drug-likeness (QED) is 0.816. The molecule has 5 heteroatoms. The SMILES string of the molecule is CCC1(O)CN(C(=O)c2ccc(Br)cc2N)C1. The number of β-amino-alcohol motifs (C(OH)–C–C–N with tert-alkyl or cyclic N) is 1. The van der Waals surface area contributed by atoms with Gasteiger partial charge in [-0.25, -0.2) is 0 Å². The molecule has 0 bridgehead atoms. The summed E-state index contributed by atoms with van der Waals surface area (Å²) in [6.07, 6.45) is 0.659. The topological polar surface area (TPSA) is 66.6 Å². The van der Waals surface area contributed by atoms with Crippen molar-refractivity contribution < 1.29 is 9.90 Å². The molecule has 1 aliphatic heterocycles. The maximum Gasteiger partial charge on any atom is 0.256 e. The number of carbonyl (C=O) groups is 1. The molecular formula is C12H15BrN2O2. The van der Waals surface area contributed by atoms with Crippen LogP contribution in [0.5, 0.6) is 0 Å². The Morgan fingerprint density at radius 2 is 2.24 bits per heavy atom. The highest BCUT2D eigenvalue weighted by atomic mass is 79.9. The number of hydrogen-bond donors (Lipinski definition) is 2. The van der Waals surface area contributed by atoms with E-state index in [4.69, 9.17) is 5.73 Å². The predicted molar refractivity (Wildman–Crippen MR) is 69.7 cm³/mol. The summed E-state index contributed by atoms with van der Waals surface area (Å²) in [5.41, 5.74) is 6.04. The molecule has 2 rings (SSSR count). The van der Waals surface area contributed by atoms with Gasteiger partial charge in [-0.3, -0.25) is 4.79 Å². The van der Waals surface area contributed by atoms with Gasteiger partial charge in [-0.1, -0.05) is 22.9 Å². The molecule has 0 aliphatic carbocycles. The Hall–Kier alpha value is -1.07. The molecular weight excluding hydrogens is 284 g/mol. The second-order valence-corrected chi connectivity index (χ2v) is 5.39. The molecule has 1 aromatic carbocycles. The lowest BCUT2D eigenvalue weighted by Gasteiger charge is -2.46. The highest BCUT2D eigenvalue weighted by Crippen LogP contribution is 2.28. The van der Waals surface area contributed by atoms with E-state index in [1.165, 1.54) is 0 Å². The zero-order chi connectivity index (χ0) is 12.6. The zero-order valence-electron chi connectivity index (χ0n) is 9.61. The Balaban J connectivity index is 2.12. The van der Waals surface area contributed by atoms with Crippen molar-refractivity contribution in [1.29, 1.82) is 0 Å². The molecule has 1 heterocycles. The van der Waals surface area contributed by atoms with Crippen molar-refractivity contribution in [3.05, 3.63) is 28.2 Å². The summed E-state index contributed by atoms with van der Waals surface area (Å²) in [7, 11) is 0. The normalized spacial score (nSPS) is 17.7. The number of rotatable bonds is 2. The molecule has 0 aromatic heterocycles. The minimum atomic E-state index is -0.709. The van der Waals surface area contributed by atoms with Crippen molar-refractivity contribution in [3.8, 4) is 0 Å². The number of aliphatic hydroxyl groups is 1. The highest BCUT2D eigenvalue weighted by Gasteiger charge is 2.42. The number of halogens is 1. The van der Waals surface area contributed by atoms with Crippen LogP contribution >= 0.6 is 15.9 Å². The van der Waals surface area contributed by atoms with Crippen LogP contribution in [0.2, 0.25) is 0 Å². The zero-order valence-corrected chi connectivity index (χ0v) is 11.2. The monoisotopic (exact) mass is 298 g/mol. The van der Waals surface area contributed by atoms with Gasteiger partial charge in [0.25, 0.3) is 5.91 Å². The van der Waals surface area contributed by atoms with E-state index in [2.05, 4.69) is 15.9 Å². The summed E-state index contributed by atoms with van der Waals surface area (Å²) in [6, 6.07) is 5.19. The fourth-order valence-electron chi connectivity index (χ4n) is 1.93. The molecule has 4 nitrogen and oxygen atoms in total. The van der Waals surface area contributed by atoms with E-state index < -0.39 is 5.60 Å². The van der Waals surface area contributed by atoms with Gasteiger partial charge in [0.2, 0.25) is 0 Å². The van der Waals surface area contributed by atoms with E-state index in [1.54, 1.807) is 23.1 Å². The fourth-order valence-corrected chi connectivity index (χ4v) is 2.31. The van der Waals surface area contributed by atoms with Crippen LogP contribution in [-0.2, 0) is 0 Å². The summed E-state index contributed by atoms with van der Waals surface area (Å²) in [6.45, 7) is 2.69. The van der Waals surface area contributed by atoms with Crippen molar-refractivity contribution in [2.45, 2.75) is 18.9 Å². The molecule has 0 atom stereocenters. The van der Waals surface area contributed by atoms with Crippen molar-refractivity contribution in [3.63, 3.8) is 0 Å². The van der Waals surface area contributed by atoms with Crippen molar-refractivity contribution >= 4 is 27.5 Å². The van der Waals surface area contributed by atoms with Crippen LogP contribution in [0.15, 0.2) is 22.7 Å². The molecule has 0 saturated carbocycles. The van der Waals surface area contributed by atoms with Gasteiger partial charge < -0.3 is 15.7 Å². The average Bonchev–Trinajstić information content (AvgIpc) is 2.24. The fraction of sp³-hybridized carbons (Fsp3) is 0.417. The van der Waals surface area contributed by atoms with E-state index in [1.807, 2.05) is 6.92 Å². The lowest BCUT2D eigenvalue weighted by Crippen LogP contribution is -2.63. The number of nitrogen functional groups attached to an aromatic ring is 1. The maximum atomic E-state index is 12.1. The first-order valence-corrected chi connectivity index (χ1v) is 6.31. The molecule has 0 radical (unpaired) electrons. The van der Waals surface area contributed by atoms with Crippen LogP contribution in [0.3, 0.4) is 0 Å². The van der Waals surface area contributed by atoms with Crippen LogP contribution in [0.25, 0.3) is 0 Å². The van der Waals surface area contributed by atoms with E-state index in [-0.39, 0.29) is 5.91 Å². The van der Waals surface area contributed by atoms with E-state index >= 15 is 0 Å². The van der Waals surface area contributed by atoms with Gasteiger partial charge in [-0.2, -0.15) is 0 Å². The summed E-state index contributed by atoms with van der Waals surface area (Å²) >= 11 is 3.30. The third kappa shape index (κ3) is 2.30. The Bertz CT molecular complexity index is 456. The van der Waals surface area contributed by atoms with Gasteiger partial charge in [0.15, 0.2) is 0 Å². The number of carbonyl (C=O) groups excluding carboxylic acids is 1. The lowest BCUT2D eigenvalue weighted by molar-refractivity contribution is -0.0826. The largest absolute Gasteiger partial charge is 0.398 e. The van der Waals surface area contributed by atoms with E-state index in [0.29, 0.717) is 30.8 Å². The van der Waals surface area contributed by atoms with Crippen molar-refractivity contribution in [1.82, 2.24) is 4.90 Å². The summed E-state index contributed by atoms with van der Waals surface area (Å²) in [5.74, 6) is -0.117. The third-order valence-electron chi connectivity index (χ3n) is 3.16. The second-order valence-electron chi connectivity index (χ2n) is 4.47. The highest BCUT2D eigenvalue weighted by molar-refractivity contribution is 9.10. The average molecular weight is 299 g/mol. The van der Waals surface area contributed by atoms with Crippen molar-refractivity contribution in [2.24, 2.45) is 0 Å². The Kier molecular flexibility index (Phi) is 3.14. The van der Waals surface area contributed by atoms with Crippen LogP contribution in [-0.4, -0.2) is 34.6 Å². The van der Waals surface area contributed by atoms with Gasteiger partial charge in [0.05, 0.1) is 24.3 Å². The first-order valence-electron chi connectivity index (χ1n) is 5.52. The van der Waals surface area contributed by atoms with Crippen LogP contribution in [0.4, 0.5) is 5.69 Å². The van der Waals surface area contributed by atoms with Gasteiger partial charge in [-0.15, -0.1) is 0 Å². The smallest absolute Gasteiger partial charge is 0.256 e. The Labute approximate surface area is 109 Å². The molecule has 3 N–H and O–H groups in total. The number of nitrogens with two attached hydrogens (primary N) is 1. The molecule has 0 spiro atoms. The molecule has 1 amide bonds. The molecule has 1 aliphatic rings. The first-order chi connectivity index (χ1) is 7.95. The second kappa shape index (κ2) is 4.31. The lowest BCUT2D eigenvalue weighted by atomic mass is 9.90. The third-order valence-corrected chi connectivity index (χ3v) is 3.65. The van der Waals surface area contributed by atoms with Crippen LogP contribution in [0.1, 0.15) is 23.7 Å². The molecule has 1 fully saturated rings. The number of anilines is 1. The molecule has 17 heavy (non-hydrogen) atoms. The van der Waals surface area contributed by atoms with Crippen LogP contribution < -0.4 is 5.73 Å². The van der Waals surface area contributed by atoms with Gasteiger partial charge in [-0.05, 0) is 24.6 Å². The molecule has 1 saturated heterocycles. The van der Waals surface area contributed by atoms with Gasteiger partial charge in [0, 0.05) is 10.2 Å². The summed E-state index contributed by atoms with van der Waals surface area (Å²) < 4.78 is 0.847. The number of likely N-dealkylation sites (tertiary alicyclic amines) is 1. The maximum absolute atomic E-state index is 12.1. The predicted octanol–water partition coefficient (Wildman–Crippen LogP) is 1.63. The minimum absolute atomic E-state index is 0.117. The number of nitrogens with zero attached hydrogens (tertiary/aromatic N) is 1. The first kappa shape index (κ1) is 12.4. The molecule has 1 aromatic rings. The van der Waals surface area contributed by atoms with Gasteiger partial charge in [0.1, 0.15) is 0 Å². The summed E-state index contributed by atoms with van der Waals surface area (Å²) in [4.78, 5) is 13.7. The number of benzene rings is 1. The van der Waals surface area contributed by atoms with Crippen molar-refractivity contribution in [2.75, 3.05) is 18.8 Å². The Morgan fingerprint density at radius 3 is 2.76 bits per heavy atom. The van der Waals surface area contributed by atoms with Crippen LogP contribution in [0, 0.1) is 0 Å². The molecule has 0 unspecified atom stereocenters. The number of amides is 1. The Morgan fingerprint density at radius 1 is 1.59 bits per heavy atom. The minimum Gasteiger partial charge on any atom is -0.398 e. The van der Waals surface area contributed by atoms with Gasteiger partial charge >= 0.3 is 0 Å². The van der Waals surface area contributed by atoms with E-state index in [9.17, 15) is 9.90 Å². The summed E-state index contributed by atoms with van der Waals surface area (Å²) in [5, 5.41) is 9.87. The standard InChI is InChI=1S/C12H15BrN2O2/c1-2-12(17)6-15(7-12)11(16)9-4-3-8(13)5-10(9)14/h3-5,17H,2,6-7,14H2,1H3. The van der Waals surface area contributed by atoms with E-state index in [0.717, 1.165) is 4.47 Å². The molecule has 92 valence electrons. The number of hydrogen-bond acceptors (Lipinski definition) is 3.